The molecule has 1 aliphatic rings. The van der Waals surface area contributed by atoms with E-state index >= 15 is 0 Å². The van der Waals surface area contributed by atoms with E-state index in [0.717, 1.165) is 32.5 Å². The smallest absolute Gasteiger partial charge is 0.223 e. The first-order valence-electron chi connectivity index (χ1n) is 10.5. The number of guanidine groups is 1. The van der Waals surface area contributed by atoms with Gasteiger partial charge in [-0.3, -0.25) is 9.79 Å². The molecule has 0 spiro atoms. The van der Waals surface area contributed by atoms with Crippen LogP contribution >= 0.6 is 24.0 Å². The summed E-state index contributed by atoms with van der Waals surface area (Å²) in [4.78, 5) is 18.6. The van der Waals surface area contributed by atoms with E-state index in [-0.39, 0.29) is 35.8 Å². The van der Waals surface area contributed by atoms with Crippen molar-refractivity contribution in [2.45, 2.75) is 58.3 Å². The van der Waals surface area contributed by atoms with Gasteiger partial charge in [-0.2, -0.15) is 0 Å². The summed E-state index contributed by atoms with van der Waals surface area (Å²) in [6.45, 7) is 5.32. The molecule has 0 aromatic heterocycles. The lowest BCUT2D eigenvalue weighted by molar-refractivity contribution is -0.127. The Morgan fingerprint density at radius 1 is 1.18 bits per heavy atom. The molecular formula is C22H37IN4O. The molecule has 0 saturated carbocycles. The number of benzene rings is 1. The van der Waals surface area contributed by atoms with E-state index in [0.29, 0.717) is 18.9 Å². The molecule has 1 heterocycles. The fourth-order valence-electron chi connectivity index (χ4n) is 3.51. The van der Waals surface area contributed by atoms with E-state index in [2.05, 4.69) is 29.4 Å². The van der Waals surface area contributed by atoms with Crippen molar-refractivity contribution in [2.24, 2.45) is 16.6 Å². The number of amides is 1. The van der Waals surface area contributed by atoms with Crippen molar-refractivity contribution in [2.75, 3.05) is 26.2 Å². The number of nitrogens with zero attached hydrogens (tertiary/aromatic N) is 2. The summed E-state index contributed by atoms with van der Waals surface area (Å²) in [6, 6.07) is 10.3. The lowest BCUT2D eigenvalue weighted by Crippen LogP contribution is -2.33. The van der Waals surface area contributed by atoms with Gasteiger partial charge in [0.1, 0.15) is 0 Å². The summed E-state index contributed by atoms with van der Waals surface area (Å²) in [5.74, 6) is 1.03. The molecule has 1 amide bonds. The van der Waals surface area contributed by atoms with Crippen molar-refractivity contribution in [3.05, 3.63) is 35.9 Å². The van der Waals surface area contributed by atoms with Crippen LogP contribution in [0.4, 0.5) is 0 Å². The lowest BCUT2D eigenvalue weighted by atomic mass is 10.1. The Morgan fingerprint density at radius 3 is 2.64 bits per heavy atom. The average Bonchev–Trinajstić information content (AvgIpc) is 3.04. The van der Waals surface area contributed by atoms with Gasteiger partial charge in [-0.05, 0) is 18.4 Å². The standard InChI is InChI=1S/C22H36N4O.HI/c1-2-3-4-5-6-10-14-24-22(23)25-17-20-16-21(27)26(18-20)15-13-19-11-8-7-9-12-19;/h7-9,11-12,20H,2-6,10,13-18H2,1H3,(H3,23,24,25);1H. The first-order chi connectivity index (χ1) is 13.2. The first kappa shape index (κ1) is 24.7. The first-order valence-corrected chi connectivity index (χ1v) is 10.5. The van der Waals surface area contributed by atoms with E-state index < -0.39 is 0 Å². The van der Waals surface area contributed by atoms with Crippen LogP contribution in [0, 0.1) is 5.92 Å². The lowest BCUT2D eigenvalue weighted by Gasteiger charge is -2.16. The fourth-order valence-corrected chi connectivity index (χ4v) is 3.51. The summed E-state index contributed by atoms with van der Waals surface area (Å²) in [6.07, 6.45) is 9.12. The molecule has 1 atom stereocenters. The maximum absolute atomic E-state index is 12.2. The predicted octanol–water partition coefficient (Wildman–Crippen LogP) is 3.96. The third kappa shape index (κ3) is 9.75. The zero-order chi connectivity index (χ0) is 19.3. The molecule has 0 aliphatic carbocycles. The van der Waals surface area contributed by atoms with Gasteiger partial charge < -0.3 is 16.0 Å². The zero-order valence-electron chi connectivity index (χ0n) is 17.2. The highest BCUT2D eigenvalue weighted by Crippen LogP contribution is 2.18. The second kappa shape index (κ2) is 14.7. The molecule has 0 radical (unpaired) electrons. The van der Waals surface area contributed by atoms with Gasteiger partial charge in [0.15, 0.2) is 5.96 Å². The highest BCUT2D eigenvalue weighted by atomic mass is 127. The number of carbonyl (C=O) groups excluding carboxylic acids is 1. The van der Waals surface area contributed by atoms with Crippen LogP contribution in [-0.2, 0) is 11.2 Å². The number of nitrogens with two attached hydrogens (primary N) is 1. The highest BCUT2D eigenvalue weighted by molar-refractivity contribution is 14.0. The Labute approximate surface area is 187 Å². The molecule has 0 bridgehead atoms. The van der Waals surface area contributed by atoms with Gasteiger partial charge in [-0.25, -0.2) is 0 Å². The minimum Gasteiger partial charge on any atom is -0.370 e. The maximum Gasteiger partial charge on any atom is 0.223 e. The Bertz CT molecular complexity index is 579. The number of hydrogen-bond acceptors (Lipinski definition) is 2. The average molecular weight is 500 g/mol. The maximum atomic E-state index is 12.2. The summed E-state index contributed by atoms with van der Waals surface area (Å²) < 4.78 is 0. The van der Waals surface area contributed by atoms with E-state index in [1.807, 2.05) is 23.1 Å². The summed E-state index contributed by atoms with van der Waals surface area (Å²) in [5.41, 5.74) is 7.23. The van der Waals surface area contributed by atoms with Crippen LogP contribution in [0.5, 0.6) is 0 Å². The number of likely N-dealkylation sites (tertiary alicyclic amines) is 1. The van der Waals surface area contributed by atoms with Crippen LogP contribution in [0.2, 0.25) is 0 Å². The molecule has 28 heavy (non-hydrogen) atoms. The minimum atomic E-state index is 0. The summed E-state index contributed by atoms with van der Waals surface area (Å²) >= 11 is 0. The number of carbonyl (C=O) groups is 1. The van der Waals surface area contributed by atoms with Gasteiger partial charge in [0.05, 0.1) is 0 Å². The van der Waals surface area contributed by atoms with Crippen LogP contribution < -0.4 is 11.1 Å². The highest BCUT2D eigenvalue weighted by Gasteiger charge is 2.28. The normalized spacial score (nSPS) is 16.9. The second-order valence-electron chi connectivity index (χ2n) is 7.57. The predicted molar refractivity (Wildman–Crippen MR) is 128 cm³/mol. The number of aliphatic imine (C=N–C) groups is 1. The monoisotopic (exact) mass is 500 g/mol. The molecule has 1 aromatic rings. The Balaban J connectivity index is 0.00000392. The summed E-state index contributed by atoms with van der Waals surface area (Å²) in [5, 5.41) is 3.20. The molecule has 1 aliphatic heterocycles. The van der Waals surface area contributed by atoms with Crippen molar-refractivity contribution in [1.82, 2.24) is 10.2 Å². The molecule has 5 nitrogen and oxygen atoms in total. The van der Waals surface area contributed by atoms with E-state index in [4.69, 9.17) is 5.73 Å². The number of hydrogen-bond donors (Lipinski definition) is 2. The Hall–Kier alpha value is -1.31. The van der Waals surface area contributed by atoms with Crippen LogP contribution in [0.3, 0.4) is 0 Å². The van der Waals surface area contributed by atoms with Crippen LogP contribution in [0.1, 0.15) is 57.4 Å². The fraction of sp³-hybridized carbons (Fsp3) is 0.636. The third-order valence-corrected chi connectivity index (χ3v) is 5.16. The second-order valence-corrected chi connectivity index (χ2v) is 7.57. The molecule has 6 heteroatoms. The molecule has 158 valence electrons. The number of nitrogens with one attached hydrogen (secondary N) is 1. The van der Waals surface area contributed by atoms with Crippen molar-refractivity contribution in [3.8, 4) is 0 Å². The largest absolute Gasteiger partial charge is 0.370 e. The van der Waals surface area contributed by atoms with E-state index in [1.54, 1.807) is 0 Å². The SMILES string of the molecule is CCCCCCCCNC(N)=NCC1CC(=O)N(CCc2ccccc2)C1.I. The van der Waals surface area contributed by atoms with Gasteiger partial charge in [0.25, 0.3) is 0 Å². The van der Waals surface area contributed by atoms with Crippen molar-refractivity contribution >= 4 is 35.8 Å². The molecule has 1 fully saturated rings. The van der Waals surface area contributed by atoms with Crippen molar-refractivity contribution < 1.29 is 4.79 Å². The topological polar surface area (TPSA) is 70.7 Å². The number of unbranched alkanes of at least 4 members (excludes halogenated alkanes) is 5. The van der Waals surface area contributed by atoms with Crippen LogP contribution in [0.25, 0.3) is 0 Å². The van der Waals surface area contributed by atoms with Crippen molar-refractivity contribution in [1.29, 1.82) is 0 Å². The minimum absolute atomic E-state index is 0. The van der Waals surface area contributed by atoms with E-state index in [1.165, 1.54) is 37.7 Å². The van der Waals surface area contributed by atoms with Gasteiger partial charge in [0.2, 0.25) is 5.91 Å². The molecule has 3 N–H and O–H groups in total. The molecule has 2 rings (SSSR count). The Kier molecular flexibility index (Phi) is 12.9. The quantitative estimate of drug-likeness (QED) is 0.198. The number of halogens is 1. The van der Waals surface area contributed by atoms with Gasteiger partial charge >= 0.3 is 0 Å². The van der Waals surface area contributed by atoms with Crippen LogP contribution in [0.15, 0.2) is 35.3 Å². The molecule has 1 aromatic carbocycles. The van der Waals surface area contributed by atoms with Gasteiger partial charge in [0, 0.05) is 38.5 Å². The molecular weight excluding hydrogens is 463 g/mol. The van der Waals surface area contributed by atoms with Crippen molar-refractivity contribution in [3.63, 3.8) is 0 Å². The van der Waals surface area contributed by atoms with Gasteiger partial charge in [-0.1, -0.05) is 69.4 Å². The number of rotatable bonds is 12. The summed E-state index contributed by atoms with van der Waals surface area (Å²) in [7, 11) is 0. The Morgan fingerprint density at radius 2 is 1.89 bits per heavy atom. The van der Waals surface area contributed by atoms with E-state index in [9.17, 15) is 4.79 Å². The van der Waals surface area contributed by atoms with Crippen LogP contribution in [-0.4, -0.2) is 42.9 Å². The van der Waals surface area contributed by atoms with Gasteiger partial charge in [-0.15, -0.1) is 24.0 Å². The molecule has 1 unspecified atom stereocenters. The third-order valence-electron chi connectivity index (χ3n) is 5.16. The zero-order valence-corrected chi connectivity index (χ0v) is 19.6. The molecule has 1 saturated heterocycles.